The number of aliphatic carboxylic acids is 1. The zero-order valence-corrected chi connectivity index (χ0v) is 20.3. The molecule has 0 aliphatic carbocycles. The van der Waals surface area contributed by atoms with Crippen molar-refractivity contribution < 1.29 is 9.90 Å². The second-order valence-corrected chi connectivity index (χ2v) is 8.68. The van der Waals surface area contributed by atoms with E-state index in [0.29, 0.717) is 6.54 Å². The third-order valence-corrected chi connectivity index (χ3v) is 4.83. The maximum absolute atomic E-state index is 9.00. The zero-order valence-electron chi connectivity index (χ0n) is 19.5. The molecule has 0 saturated heterocycles. The Kier molecular flexibility index (Phi) is 12.0. The molecule has 8 heteroatoms. The van der Waals surface area contributed by atoms with Crippen molar-refractivity contribution in [3.63, 3.8) is 0 Å². The summed E-state index contributed by atoms with van der Waals surface area (Å²) in [5, 5.41) is 14.8. The molecule has 1 aliphatic rings. The van der Waals surface area contributed by atoms with E-state index in [1.54, 1.807) is 0 Å². The number of halogens is 1. The Morgan fingerprint density at radius 1 is 1.16 bits per heavy atom. The van der Waals surface area contributed by atoms with Crippen LogP contribution >= 0.6 is 11.6 Å². The first-order valence-corrected chi connectivity index (χ1v) is 11.4. The highest BCUT2D eigenvalue weighted by Crippen LogP contribution is 2.13. The van der Waals surface area contributed by atoms with E-state index in [9.17, 15) is 0 Å². The molecule has 0 aromatic heterocycles. The molecule has 3 N–H and O–H groups in total. The summed E-state index contributed by atoms with van der Waals surface area (Å²) in [7, 11) is 2.09. The van der Waals surface area contributed by atoms with Crippen molar-refractivity contribution in [2.24, 2.45) is 9.98 Å². The van der Waals surface area contributed by atoms with Gasteiger partial charge in [-0.3, -0.25) is 10.1 Å². The van der Waals surface area contributed by atoms with Crippen molar-refractivity contribution in [3.8, 4) is 0 Å². The van der Waals surface area contributed by atoms with Crippen LogP contribution in [0.1, 0.15) is 71.8 Å². The Balaban J connectivity index is 0.00000110. The van der Waals surface area contributed by atoms with Crippen LogP contribution in [0.2, 0.25) is 5.02 Å². The highest BCUT2D eigenvalue weighted by atomic mass is 35.5. The first-order chi connectivity index (χ1) is 14.6. The van der Waals surface area contributed by atoms with Crippen molar-refractivity contribution in [1.82, 2.24) is 15.5 Å². The second kappa shape index (κ2) is 13.9. The summed E-state index contributed by atoms with van der Waals surface area (Å²) in [6, 6.07) is 7.79. The highest BCUT2D eigenvalue weighted by Gasteiger charge is 2.26. The average Bonchev–Trinajstić information content (AvgIpc) is 2.68. The van der Waals surface area contributed by atoms with Gasteiger partial charge >= 0.3 is 0 Å². The first-order valence-electron chi connectivity index (χ1n) is 11.0. The molecule has 1 aliphatic heterocycles. The van der Waals surface area contributed by atoms with E-state index in [-0.39, 0.29) is 5.66 Å². The van der Waals surface area contributed by atoms with Crippen LogP contribution in [0, 0.1) is 0 Å². The Hall–Kier alpha value is -2.28. The third kappa shape index (κ3) is 12.2. The smallest absolute Gasteiger partial charge is 0.300 e. The fourth-order valence-electron chi connectivity index (χ4n) is 3.00. The van der Waals surface area contributed by atoms with Gasteiger partial charge in [0.2, 0.25) is 5.96 Å². The summed E-state index contributed by atoms with van der Waals surface area (Å²) in [5.74, 6) is 0.803. The van der Waals surface area contributed by atoms with Crippen molar-refractivity contribution in [2.45, 2.75) is 78.4 Å². The normalized spacial score (nSPS) is 15.8. The topological polar surface area (TPSA) is 89.3 Å². The van der Waals surface area contributed by atoms with Crippen LogP contribution in [-0.2, 0) is 11.3 Å². The van der Waals surface area contributed by atoms with Crippen LogP contribution in [0.4, 0.5) is 0 Å². The van der Waals surface area contributed by atoms with Crippen molar-refractivity contribution >= 4 is 29.5 Å². The minimum absolute atomic E-state index is 0.380. The molecule has 0 radical (unpaired) electrons. The van der Waals surface area contributed by atoms with Gasteiger partial charge in [-0.05, 0) is 38.0 Å². The largest absolute Gasteiger partial charge is 0.481 e. The van der Waals surface area contributed by atoms with Crippen LogP contribution in [-0.4, -0.2) is 47.2 Å². The van der Waals surface area contributed by atoms with E-state index in [2.05, 4.69) is 48.3 Å². The van der Waals surface area contributed by atoms with Crippen LogP contribution in [0.25, 0.3) is 0 Å². The van der Waals surface area contributed by atoms with Gasteiger partial charge in [-0.15, -0.1) is 0 Å². The van der Waals surface area contributed by atoms with Gasteiger partial charge < -0.3 is 15.3 Å². The molecule has 0 spiro atoms. The number of guanidine groups is 2. The summed E-state index contributed by atoms with van der Waals surface area (Å²) in [6.07, 6.45) is 7.77. The van der Waals surface area contributed by atoms with E-state index in [1.165, 1.54) is 38.5 Å². The van der Waals surface area contributed by atoms with Gasteiger partial charge in [0.25, 0.3) is 5.97 Å². The van der Waals surface area contributed by atoms with E-state index in [1.807, 2.05) is 24.3 Å². The number of carbonyl (C=O) groups is 1. The van der Waals surface area contributed by atoms with E-state index in [0.717, 1.165) is 36.0 Å². The molecule has 174 valence electrons. The maximum atomic E-state index is 9.00. The zero-order chi connectivity index (χ0) is 23.3. The van der Waals surface area contributed by atoms with Gasteiger partial charge in [0.05, 0.1) is 6.54 Å². The number of nitrogens with zero attached hydrogens (tertiary/aromatic N) is 3. The van der Waals surface area contributed by atoms with E-state index < -0.39 is 5.97 Å². The second-order valence-electron chi connectivity index (χ2n) is 8.24. The van der Waals surface area contributed by atoms with E-state index in [4.69, 9.17) is 26.5 Å². The van der Waals surface area contributed by atoms with Crippen molar-refractivity contribution in [3.05, 3.63) is 34.9 Å². The average molecular weight is 452 g/mol. The molecule has 0 saturated carbocycles. The molecule has 0 amide bonds. The summed E-state index contributed by atoms with van der Waals surface area (Å²) < 4.78 is 0. The highest BCUT2D eigenvalue weighted by molar-refractivity contribution is 6.30. The minimum Gasteiger partial charge on any atom is -0.481 e. The van der Waals surface area contributed by atoms with Gasteiger partial charge in [0.15, 0.2) is 5.96 Å². The van der Waals surface area contributed by atoms with Gasteiger partial charge in [-0.2, -0.15) is 0 Å². The molecule has 2 rings (SSSR count). The number of nitrogens with one attached hydrogen (secondary N) is 2. The minimum atomic E-state index is -0.833. The summed E-state index contributed by atoms with van der Waals surface area (Å²) >= 11 is 5.95. The van der Waals surface area contributed by atoms with Crippen LogP contribution in [0.5, 0.6) is 0 Å². The Labute approximate surface area is 192 Å². The fraction of sp³-hybridized carbons (Fsp3) is 0.609. The SMILES string of the molecule is CC(=O)O.CCCCCCCCN(C)C1=NC(C)(C)NC(=NCc2ccc(Cl)cc2)N1. The predicted octanol–water partition coefficient (Wildman–Crippen LogP) is 4.86. The van der Waals surface area contributed by atoms with E-state index >= 15 is 0 Å². The molecule has 31 heavy (non-hydrogen) atoms. The molecule has 0 unspecified atom stereocenters. The summed E-state index contributed by atoms with van der Waals surface area (Å²) in [5.41, 5.74) is 0.743. The standard InChI is InChI=1S/C21H34ClN5.C2H4O2/c1-5-6-7-8-9-10-15-27(4)20-24-19(25-21(2,3)26-20)23-16-17-11-13-18(22)14-12-17;1-2(3)4/h11-14H,5-10,15-16H2,1-4H3,(H2,23,24,25,26);1H3,(H,3,4). The molecule has 0 bridgehead atoms. The molecular weight excluding hydrogens is 414 g/mol. The lowest BCUT2D eigenvalue weighted by atomic mass is 10.1. The lowest BCUT2D eigenvalue weighted by Crippen LogP contribution is -2.59. The first kappa shape index (κ1) is 26.8. The van der Waals surface area contributed by atoms with Crippen molar-refractivity contribution in [2.75, 3.05) is 13.6 Å². The molecule has 7 nitrogen and oxygen atoms in total. The van der Waals surface area contributed by atoms with Crippen LogP contribution in [0.15, 0.2) is 34.3 Å². The summed E-state index contributed by atoms with van der Waals surface area (Å²) in [6.45, 7) is 9.05. The Morgan fingerprint density at radius 2 is 1.74 bits per heavy atom. The third-order valence-electron chi connectivity index (χ3n) is 4.58. The Morgan fingerprint density at radius 3 is 2.35 bits per heavy atom. The molecule has 1 aromatic rings. The predicted molar refractivity (Wildman–Crippen MR) is 130 cm³/mol. The number of unbranched alkanes of at least 4 members (excludes halogenated alkanes) is 5. The molecular formula is C23H38ClN5O2. The maximum Gasteiger partial charge on any atom is 0.300 e. The lowest BCUT2D eigenvalue weighted by molar-refractivity contribution is -0.134. The lowest BCUT2D eigenvalue weighted by Gasteiger charge is -2.34. The molecule has 1 aromatic carbocycles. The number of benzene rings is 1. The van der Waals surface area contributed by atoms with Gasteiger partial charge in [-0.1, -0.05) is 62.8 Å². The Bertz CT molecular complexity index is 728. The van der Waals surface area contributed by atoms with Crippen molar-refractivity contribution in [1.29, 1.82) is 0 Å². The number of rotatable bonds is 9. The van der Waals surface area contributed by atoms with Gasteiger partial charge in [0, 0.05) is 25.5 Å². The molecule has 0 atom stereocenters. The summed E-state index contributed by atoms with van der Waals surface area (Å²) in [4.78, 5) is 20.7. The number of hydrogen-bond donors (Lipinski definition) is 3. The number of hydrogen-bond acceptors (Lipinski definition) is 4. The number of aliphatic imine (C=N–C) groups is 2. The molecule has 0 fully saturated rings. The van der Waals surface area contributed by atoms with Gasteiger partial charge in [0.1, 0.15) is 5.66 Å². The number of carboxylic acid groups (broad SMARTS) is 1. The van der Waals surface area contributed by atoms with Gasteiger partial charge in [-0.25, -0.2) is 9.98 Å². The number of carboxylic acids is 1. The molecule has 1 heterocycles. The van der Waals surface area contributed by atoms with Crippen LogP contribution < -0.4 is 10.6 Å². The monoisotopic (exact) mass is 451 g/mol. The van der Waals surface area contributed by atoms with Crippen LogP contribution in [0.3, 0.4) is 0 Å². The fourth-order valence-corrected chi connectivity index (χ4v) is 3.13. The quantitative estimate of drug-likeness (QED) is 0.466.